The number of hydrogen-bond acceptors (Lipinski definition) is 4. The zero-order chi connectivity index (χ0) is 25.2. The second kappa shape index (κ2) is 9.74. The van der Waals surface area contributed by atoms with Crippen molar-refractivity contribution in [3.63, 3.8) is 0 Å². The number of Topliss-reactive ketones (excluding diaryl/α,β-unsaturated/α-hetero) is 1. The van der Waals surface area contributed by atoms with Crippen molar-refractivity contribution in [1.29, 1.82) is 0 Å². The van der Waals surface area contributed by atoms with Gasteiger partial charge in [0.1, 0.15) is 11.6 Å². The summed E-state index contributed by atoms with van der Waals surface area (Å²) in [5.74, 6) is 0.988. The van der Waals surface area contributed by atoms with Gasteiger partial charge in [0.05, 0.1) is 12.3 Å². The topological polar surface area (TPSA) is 84.1 Å². The van der Waals surface area contributed by atoms with Crippen molar-refractivity contribution in [3.05, 3.63) is 102 Å². The molecule has 0 saturated heterocycles. The molecule has 2 aromatic heterocycles. The van der Waals surface area contributed by atoms with Crippen LogP contribution in [0.15, 0.2) is 91.1 Å². The minimum absolute atomic E-state index is 0.0589. The lowest BCUT2D eigenvalue weighted by Gasteiger charge is -2.11. The Morgan fingerprint density at radius 3 is 2.65 bits per heavy atom. The molecule has 2 N–H and O–H groups in total. The van der Waals surface area contributed by atoms with Crippen LogP contribution in [0.25, 0.3) is 33.3 Å². The largest absolute Gasteiger partial charge is 0.493 e. The van der Waals surface area contributed by atoms with E-state index < -0.39 is 0 Å². The molecule has 5 aromatic rings. The zero-order valence-corrected chi connectivity index (χ0v) is 20.2. The van der Waals surface area contributed by atoms with Gasteiger partial charge in [-0.15, -0.1) is 0 Å². The summed E-state index contributed by atoms with van der Waals surface area (Å²) in [6.45, 7) is 0.644. The summed E-state index contributed by atoms with van der Waals surface area (Å²) >= 11 is 0. The number of ether oxygens (including phenoxy) is 1. The SMILES string of the molecule is O=C(CCC(=O)c1ccc2c(c1)CCO2)Nc1cc(-c2ccc3[nH]ccc3c2)cc(-c2ccccc2)n1. The number of H-pyrrole nitrogens is 1. The lowest BCUT2D eigenvalue weighted by molar-refractivity contribution is -0.116. The van der Waals surface area contributed by atoms with E-state index in [2.05, 4.69) is 22.4 Å². The highest BCUT2D eigenvalue weighted by atomic mass is 16.5. The predicted octanol–water partition coefficient (Wildman–Crippen LogP) is 6.43. The summed E-state index contributed by atoms with van der Waals surface area (Å²) in [5, 5.41) is 4.02. The van der Waals surface area contributed by atoms with Gasteiger partial charge in [0.25, 0.3) is 0 Å². The molecule has 6 rings (SSSR count). The van der Waals surface area contributed by atoms with Crippen LogP contribution in [0, 0.1) is 0 Å². The van der Waals surface area contributed by atoms with Gasteiger partial charge in [0.15, 0.2) is 5.78 Å². The Kier molecular flexibility index (Phi) is 5.98. The predicted molar refractivity (Wildman–Crippen MR) is 145 cm³/mol. The normalized spacial score (nSPS) is 12.2. The molecule has 37 heavy (non-hydrogen) atoms. The van der Waals surface area contributed by atoms with E-state index in [1.807, 2.05) is 72.9 Å². The van der Waals surface area contributed by atoms with Gasteiger partial charge in [0.2, 0.25) is 5.91 Å². The highest BCUT2D eigenvalue weighted by molar-refractivity contribution is 6.00. The fourth-order valence-electron chi connectivity index (χ4n) is 4.69. The lowest BCUT2D eigenvalue weighted by Crippen LogP contribution is -2.14. The van der Waals surface area contributed by atoms with Crippen LogP contribution >= 0.6 is 0 Å². The van der Waals surface area contributed by atoms with Crippen molar-refractivity contribution in [1.82, 2.24) is 9.97 Å². The highest BCUT2D eigenvalue weighted by Crippen LogP contribution is 2.30. The Morgan fingerprint density at radius 2 is 1.76 bits per heavy atom. The number of fused-ring (bicyclic) bond motifs is 2. The van der Waals surface area contributed by atoms with E-state index in [1.165, 1.54) is 0 Å². The smallest absolute Gasteiger partial charge is 0.225 e. The molecule has 3 aromatic carbocycles. The van der Waals surface area contributed by atoms with Gasteiger partial charge < -0.3 is 15.0 Å². The Hall–Kier alpha value is -4.71. The number of hydrogen-bond donors (Lipinski definition) is 2. The van der Waals surface area contributed by atoms with E-state index in [0.717, 1.165) is 51.0 Å². The van der Waals surface area contributed by atoms with Crippen molar-refractivity contribution in [2.75, 3.05) is 11.9 Å². The van der Waals surface area contributed by atoms with Crippen LogP contribution in [0.2, 0.25) is 0 Å². The molecule has 6 nitrogen and oxygen atoms in total. The van der Waals surface area contributed by atoms with Gasteiger partial charge in [-0.2, -0.15) is 0 Å². The second-order valence-electron chi connectivity index (χ2n) is 9.16. The number of anilines is 1. The monoisotopic (exact) mass is 487 g/mol. The van der Waals surface area contributed by atoms with Crippen LogP contribution in [0.1, 0.15) is 28.8 Å². The molecule has 3 heterocycles. The number of pyridine rings is 1. The molecule has 182 valence electrons. The highest BCUT2D eigenvalue weighted by Gasteiger charge is 2.16. The summed E-state index contributed by atoms with van der Waals surface area (Å²) in [5.41, 5.74) is 6.42. The number of nitrogens with zero attached hydrogens (tertiary/aromatic N) is 1. The number of nitrogens with one attached hydrogen (secondary N) is 2. The quantitative estimate of drug-likeness (QED) is 0.259. The number of benzene rings is 3. The number of carbonyl (C=O) groups is 2. The van der Waals surface area contributed by atoms with Crippen LogP contribution in [0.4, 0.5) is 5.82 Å². The second-order valence-corrected chi connectivity index (χ2v) is 9.16. The first kappa shape index (κ1) is 22.7. The number of carbonyl (C=O) groups excluding carboxylic acids is 2. The van der Waals surface area contributed by atoms with Gasteiger partial charge in [-0.3, -0.25) is 9.59 Å². The molecule has 1 aliphatic rings. The Labute approximate surface area is 214 Å². The molecule has 0 atom stereocenters. The number of amides is 1. The fourth-order valence-corrected chi connectivity index (χ4v) is 4.69. The number of aromatic nitrogens is 2. The van der Waals surface area contributed by atoms with Gasteiger partial charge in [-0.1, -0.05) is 36.4 Å². The number of aromatic amines is 1. The zero-order valence-electron chi connectivity index (χ0n) is 20.2. The third kappa shape index (κ3) is 4.86. The van der Waals surface area contributed by atoms with Crippen LogP contribution in [0.5, 0.6) is 5.75 Å². The van der Waals surface area contributed by atoms with Crippen molar-refractivity contribution in [2.45, 2.75) is 19.3 Å². The van der Waals surface area contributed by atoms with Crippen molar-refractivity contribution < 1.29 is 14.3 Å². The van der Waals surface area contributed by atoms with Crippen LogP contribution in [-0.4, -0.2) is 28.3 Å². The average Bonchev–Trinajstić information content (AvgIpc) is 3.60. The Bertz CT molecular complexity index is 1620. The molecule has 0 aliphatic carbocycles. The first-order valence-electron chi connectivity index (χ1n) is 12.4. The third-order valence-corrected chi connectivity index (χ3v) is 6.64. The Morgan fingerprint density at radius 1 is 0.865 bits per heavy atom. The minimum Gasteiger partial charge on any atom is -0.493 e. The molecule has 0 bridgehead atoms. The number of rotatable bonds is 7. The summed E-state index contributed by atoms with van der Waals surface area (Å²) in [4.78, 5) is 33.5. The maximum absolute atomic E-state index is 12.8. The van der Waals surface area contributed by atoms with Gasteiger partial charge in [-0.25, -0.2) is 4.98 Å². The molecule has 1 amide bonds. The Balaban J connectivity index is 1.22. The molecule has 0 saturated carbocycles. The molecule has 6 heteroatoms. The van der Waals surface area contributed by atoms with Gasteiger partial charge in [0, 0.05) is 42.1 Å². The maximum atomic E-state index is 12.8. The van der Waals surface area contributed by atoms with Gasteiger partial charge in [-0.05, 0) is 70.6 Å². The van der Waals surface area contributed by atoms with Crippen LogP contribution in [0.3, 0.4) is 0 Å². The summed E-state index contributed by atoms with van der Waals surface area (Å²) in [6, 6.07) is 27.5. The van der Waals surface area contributed by atoms with E-state index in [-0.39, 0.29) is 24.5 Å². The summed E-state index contributed by atoms with van der Waals surface area (Å²) < 4.78 is 5.51. The third-order valence-electron chi connectivity index (χ3n) is 6.64. The maximum Gasteiger partial charge on any atom is 0.225 e. The molecular formula is C31H25N3O3. The summed E-state index contributed by atoms with van der Waals surface area (Å²) in [6.07, 6.45) is 2.93. The number of ketones is 1. The van der Waals surface area contributed by atoms with E-state index in [9.17, 15) is 9.59 Å². The fraction of sp³-hybridized carbons (Fsp3) is 0.129. The van der Waals surface area contributed by atoms with E-state index in [4.69, 9.17) is 9.72 Å². The molecule has 1 aliphatic heterocycles. The molecule has 0 unspecified atom stereocenters. The molecule has 0 radical (unpaired) electrons. The van der Waals surface area contributed by atoms with Crippen molar-refractivity contribution in [3.8, 4) is 28.1 Å². The molecular weight excluding hydrogens is 462 g/mol. The molecule has 0 spiro atoms. The van der Waals surface area contributed by atoms with Gasteiger partial charge >= 0.3 is 0 Å². The molecule has 0 fully saturated rings. The first-order valence-corrected chi connectivity index (χ1v) is 12.4. The van der Waals surface area contributed by atoms with Crippen LogP contribution in [-0.2, 0) is 11.2 Å². The minimum atomic E-state index is -0.248. The summed E-state index contributed by atoms with van der Waals surface area (Å²) in [7, 11) is 0. The average molecular weight is 488 g/mol. The van der Waals surface area contributed by atoms with Crippen LogP contribution < -0.4 is 10.1 Å². The van der Waals surface area contributed by atoms with E-state index >= 15 is 0 Å². The lowest BCUT2D eigenvalue weighted by atomic mass is 10.0. The van der Waals surface area contributed by atoms with Crippen molar-refractivity contribution >= 4 is 28.4 Å². The van der Waals surface area contributed by atoms with E-state index in [0.29, 0.717) is 18.0 Å². The first-order chi connectivity index (χ1) is 18.1. The van der Waals surface area contributed by atoms with Crippen molar-refractivity contribution in [2.24, 2.45) is 0 Å². The standard InChI is InChI=1S/C31H25N3O3/c35-28(23-7-10-29-24(17-23)13-15-37-29)9-11-31(36)34-30-19-25(18-27(33-30)20-4-2-1-3-5-20)21-6-8-26-22(16-21)12-14-32-26/h1-8,10,12,14,16-19,32H,9,11,13,15H2,(H,33,34,36). The van der Waals surface area contributed by atoms with E-state index in [1.54, 1.807) is 6.07 Å².